The van der Waals surface area contributed by atoms with Crippen LogP contribution in [-0.2, 0) is 10.2 Å². The van der Waals surface area contributed by atoms with Crippen LogP contribution in [0.1, 0.15) is 45.1 Å². The summed E-state index contributed by atoms with van der Waals surface area (Å²) < 4.78 is 0. The number of benzene rings is 1. The number of likely N-dealkylation sites (N-methyl/N-ethyl adjacent to an activating group) is 1. The van der Waals surface area contributed by atoms with E-state index in [1.807, 2.05) is 6.07 Å². The Balaban J connectivity index is 2.23. The third kappa shape index (κ3) is 2.89. The van der Waals surface area contributed by atoms with Crippen molar-refractivity contribution in [3.63, 3.8) is 0 Å². The molecule has 1 aromatic carbocycles. The molecule has 1 fully saturated rings. The molecule has 1 aliphatic rings. The van der Waals surface area contributed by atoms with Gasteiger partial charge in [-0.3, -0.25) is 9.69 Å². The largest absolute Gasteiger partial charge is 0.297 e. The van der Waals surface area contributed by atoms with E-state index < -0.39 is 0 Å². The fourth-order valence-electron chi connectivity index (χ4n) is 3.27. The van der Waals surface area contributed by atoms with Crippen LogP contribution >= 0.6 is 0 Å². The molecule has 1 aromatic rings. The number of hydrogen-bond donors (Lipinski definition) is 0. The number of carbonyl (C=O) groups excluding carboxylic acids is 1. The minimum Gasteiger partial charge on any atom is -0.297 e. The van der Waals surface area contributed by atoms with E-state index in [4.69, 9.17) is 0 Å². The third-order valence-corrected chi connectivity index (χ3v) is 4.58. The second-order valence-corrected chi connectivity index (χ2v) is 5.54. The van der Waals surface area contributed by atoms with Gasteiger partial charge in [-0.25, -0.2) is 0 Å². The minimum absolute atomic E-state index is 0.205. The van der Waals surface area contributed by atoms with Crippen molar-refractivity contribution in [1.82, 2.24) is 4.90 Å². The summed E-state index contributed by atoms with van der Waals surface area (Å²) in [6.07, 6.45) is 4.41. The summed E-state index contributed by atoms with van der Waals surface area (Å²) in [5.74, 6) is 0.417. The van der Waals surface area contributed by atoms with Crippen molar-refractivity contribution in [2.75, 3.05) is 19.6 Å². The van der Waals surface area contributed by atoms with Crippen LogP contribution in [0, 0.1) is 0 Å². The van der Waals surface area contributed by atoms with Crippen molar-refractivity contribution >= 4 is 5.78 Å². The molecule has 19 heavy (non-hydrogen) atoms. The Morgan fingerprint density at radius 3 is 2.21 bits per heavy atom. The summed E-state index contributed by atoms with van der Waals surface area (Å²) >= 11 is 0. The van der Waals surface area contributed by atoms with Crippen molar-refractivity contribution < 1.29 is 4.79 Å². The van der Waals surface area contributed by atoms with E-state index in [0.29, 0.717) is 12.3 Å². The molecular formula is C17H25NO. The van der Waals surface area contributed by atoms with Crippen LogP contribution in [0.15, 0.2) is 30.3 Å². The van der Waals surface area contributed by atoms with Crippen molar-refractivity contribution in [1.29, 1.82) is 0 Å². The van der Waals surface area contributed by atoms with Gasteiger partial charge in [-0.05, 0) is 31.5 Å². The van der Waals surface area contributed by atoms with Gasteiger partial charge in [-0.15, -0.1) is 0 Å². The van der Waals surface area contributed by atoms with Crippen LogP contribution in [0.2, 0.25) is 0 Å². The van der Waals surface area contributed by atoms with Crippen LogP contribution in [-0.4, -0.2) is 30.3 Å². The van der Waals surface area contributed by atoms with E-state index in [2.05, 4.69) is 43.0 Å². The predicted molar refractivity (Wildman–Crippen MR) is 79.4 cm³/mol. The summed E-state index contributed by atoms with van der Waals surface area (Å²) in [5, 5.41) is 0. The highest BCUT2D eigenvalue weighted by Gasteiger charge is 2.42. The molecule has 0 N–H and O–H groups in total. The lowest BCUT2D eigenvalue weighted by Gasteiger charge is -2.30. The first kappa shape index (κ1) is 14.3. The zero-order valence-electron chi connectivity index (χ0n) is 12.2. The summed E-state index contributed by atoms with van der Waals surface area (Å²) in [6, 6.07) is 10.4. The lowest BCUT2D eigenvalue weighted by atomic mass is 9.75. The van der Waals surface area contributed by atoms with Crippen LogP contribution in [0.25, 0.3) is 0 Å². The number of hydrogen-bond acceptors (Lipinski definition) is 2. The van der Waals surface area contributed by atoms with Gasteiger partial charge in [0.25, 0.3) is 0 Å². The summed E-state index contributed by atoms with van der Waals surface area (Å²) in [5.41, 5.74) is 1.02. The highest BCUT2D eigenvalue weighted by Crippen LogP contribution is 2.41. The van der Waals surface area contributed by atoms with Gasteiger partial charge in [0.15, 0.2) is 5.78 Å². The van der Waals surface area contributed by atoms with E-state index in [1.54, 1.807) is 0 Å². The van der Waals surface area contributed by atoms with Gasteiger partial charge in [0.2, 0.25) is 0 Å². The molecule has 104 valence electrons. The lowest BCUT2D eigenvalue weighted by Crippen LogP contribution is -2.41. The summed E-state index contributed by atoms with van der Waals surface area (Å²) in [7, 11) is 0. The van der Waals surface area contributed by atoms with Crippen molar-refractivity contribution in [2.24, 2.45) is 0 Å². The summed E-state index contributed by atoms with van der Waals surface area (Å²) in [6.45, 7) is 6.75. The van der Waals surface area contributed by atoms with Gasteiger partial charge in [0.05, 0.1) is 12.0 Å². The summed E-state index contributed by atoms with van der Waals surface area (Å²) in [4.78, 5) is 15.1. The topological polar surface area (TPSA) is 20.3 Å². The van der Waals surface area contributed by atoms with E-state index >= 15 is 0 Å². The van der Waals surface area contributed by atoms with Crippen LogP contribution in [0.5, 0.6) is 0 Å². The fourth-order valence-corrected chi connectivity index (χ4v) is 3.27. The predicted octanol–water partition coefficient (Wildman–Crippen LogP) is 3.41. The molecular weight excluding hydrogens is 234 g/mol. The molecule has 1 aliphatic carbocycles. The van der Waals surface area contributed by atoms with Crippen LogP contribution in [0.4, 0.5) is 0 Å². The number of nitrogens with zero attached hydrogens (tertiary/aromatic N) is 1. The molecule has 1 saturated carbocycles. The Labute approximate surface area is 116 Å². The van der Waals surface area contributed by atoms with Crippen molar-refractivity contribution in [3.8, 4) is 0 Å². The van der Waals surface area contributed by atoms with Gasteiger partial charge < -0.3 is 0 Å². The minimum atomic E-state index is -0.205. The molecule has 0 aliphatic heterocycles. The van der Waals surface area contributed by atoms with Crippen LogP contribution < -0.4 is 0 Å². The Kier molecular flexibility index (Phi) is 4.76. The van der Waals surface area contributed by atoms with Gasteiger partial charge >= 0.3 is 0 Å². The molecule has 0 spiro atoms. The van der Waals surface area contributed by atoms with Gasteiger partial charge in [0.1, 0.15) is 0 Å². The maximum Gasteiger partial charge on any atom is 0.157 e. The Morgan fingerprint density at radius 1 is 1.11 bits per heavy atom. The average molecular weight is 259 g/mol. The number of rotatable bonds is 6. The number of ketones is 1. The number of carbonyl (C=O) groups is 1. The highest BCUT2D eigenvalue weighted by atomic mass is 16.1. The molecule has 0 atom stereocenters. The molecule has 2 heteroatoms. The maximum absolute atomic E-state index is 12.9. The van der Waals surface area contributed by atoms with Gasteiger partial charge in [0, 0.05) is 0 Å². The zero-order valence-corrected chi connectivity index (χ0v) is 12.2. The maximum atomic E-state index is 12.9. The Morgan fingerprint density at radius 2 is 1.68 bits per heavy atom. The SMILES string of the molecule is CCN(CC)CC(=O)C1(c2ccccc2)CCCC1. The Bertz CT molecular complexity index is 403. The van der Waals surface area contributed by atoms with Crippen LogP contribution in [0.3, 0.4) is 0 Å². The first-order chi connectivity index (χ1) is 9.23. The van der Waals surface area contributed by atoms with Gasteiger partial charge in [-0.1, -0.05) is 57.0 Å². The molecule has 0 aromatic heterocycles. The third-order valence-electron chi connectivity index (χ3n) is 4.58. The first-order valence-corrected chi connectivity index (χ1v) is 7.54. The molecule has 0 heterocycles. The van der Waals surface area contributed by atoms with E-state index in [1.165, 1.54) is 18.4 Å². The molecule has 0 amide bonds. The zero-order chi connectivity index (χ0) is 13.7. The molecule has 0 unspecified atom stereocenters. The van der Waals surface area contributed by atoms with E-state index in [-0.39, 0.29) is 5.41 Å². The first-order valence-electron chi connectivity index (χ1n) is 7.54. The number of Topliss-reactive ketones (excluding diaryl/α,β-unsaturated/α-hetero) is 1. The van der Waals surface area contributed by atoms with E-state index in [0.717, 1.165) is 25.9 Å². The Hall–Kier alpha value is -1.15. The van der Waals surface area contributed by atoms with E-state index in [9.17, 15) is 4.79 Å². The lowest BCUT2D eigenvalue weighted by molar-refractivity contribution is -0.125. The quantitative estimate of drug-likeness (QED) is 0.780. The standard InChI is InChI=1S/C17H25NO/c1-3-18(4-2)14-16(19)17(12-8-9-13-17)15-10-6-5-7-11-15/h5-7,10-11H,3-4,8-9,12-14H2,1-2H3. The second-order valence-electron chi connectivity index (χ2n) is 5.54. The molecule has 2 nitrogen and oxygen atoms in total. The fraction of sp³-hybridized carbons (Fsp3) is 0.588. The second kappa shape index (κ2) is 6.33. The molecule has 0 saturated heterocycles. The highest BCUT2D eigenvalue weighted by molar-refractivity contribution is 5.92. The molecule has 2 rings (SSSR count). The smallest absolute Gasteiger partial charge is 0.157 e. The van der Waals surface area contributed by atoms with Gasteiger partial charge in [-0.2, -0.15) is 0 Å². The molecule has 0 bridgehead atoms. The normalized spacial score (nSPS) is 17.8. The monoisotopic (exact) mass is 259 g/mol. The molecule has 0 radical (unpaired) electrons. The van der Waals surface area contributed by atoms with Crippen molar-refractivity contribution in [3.05, 3.63) is 35.9 Å². The van der Waals surface area contributed by atoms with Crippen molar-refractivity contribution in [2.45, 2.75) is 44.9 Å². The average Bonchev–Trinajstić information content (AvgIpc) is 2.96.